The zero-order valence-corrected chi connectivity index (χ0v) is 14.7. The van der Waals surface area contributed by atoms with E-state index in [1.165, 1.54) is 6.20 Å². The Morgan fingerprint density at radius 1 is 1.33 bits per heavy atom. The van der Waals surface area contributed by atoms with Crippen LogP contribution in [0.25, 0.3) is 0 Å². The topological polar surface area (TPSA) is 83.4 Å². The van der Waals surface area contributed by atoms with E-state index in [0.29, 0.717) is 18.0 Å². The van der Waals surface area contributed by atoms with Gasteiger partial charge in [-0.05, 0) is 37.5 Å². The highest BCUT2D eigenvalue weighted by Crippen LogP contribution is 2.27. The van der Waals surface area contributed by atoms with Crippen LogP contribution in [0.3, 0.4) is 0 Å². The van der Waals surface area contributed by atoms with Gasteiger partial charge in [0, 0.05) is 18.8 Å². The van der Waals surface area contributed by atoms with Gasteiger partial charge in [-0.1, -0.05) is 13.0 Å². The fraction of sp³-hybridized carbons (Fsp3) is 0.444. The molecule has 0 spiro atoms. The van der Waals surface area contributed by atoms with Crippen molar-refractivity contribution in [3.63, 3.8) is 0 Å². The van der Waals surface area contributed by atoms with Crippen molar-refractivity contribution in [1.82, 2.24) is 10.6 Å². The maximum Gasteiger partial charge on any atom is 0.263 e. The molecule has 0 saturated heterocycles. The summed E-state index contributed by atoms with van der Waals surface area (Å²) in [5.74, 6) is 1.00. The molecule has 0 bridgehead atoms. The van der Waals surface area contributed by atoms with E-state index in [4.69, 9.17) is 14.7 Å². The number of carbonyl (C=O) groups is 1. The lowest BCUT2D eigenvalue weighted by Gasteiger charge is -2.11. The molecule has 0 aliphatic rings. The molecule has 0 fully saturated rings. The van der Waals surface area contributed by atoms with Gasteiger partial charge in [0.05, 0.1) is 14.2 Å². The number of carbonyl (C=O) groups excluding carboxylic acids is 1. The number of hydrogen-bond donors (Lipinski definition) is 2. The van der Waals surface area contributed by atoms with E-state index in [1.807, 2.05) is 38.1 Å². The van der Waals surface area contributed by atoms with Crippen LogP contribution in [0.5, 0.6) is 11.5 Å². The smallest absolute Gasteiger partial charge is 0.263 e. The van der Waals surface area contributed by atoms with Crippen molar-refractivity contribution in [1.29, 1.82) is 5.26 Å². The molecule has 6 nitrogen and oxygen atoms in total. The van der Waals surface area contributed by atoms with Crippen LogP contribution in [0, 0.1) is 11.3 Å². The fourth-order valence-electron chi connectivity index (χ4n) is 1.98. The quantitative estimate of drug-likeness (QED) is 0.411. The van der Waals surface area contributed by atoms with Gasteiger partial charge in [0.2, 0.25) is 0 Å². The first-order valence-corrected chi connectivity index (χ1v) is 7.91. The lowest BCUT2D eigenvalue weighted by Crippen LogP contribution is -2.33. The number of rotatable bonds is 9. The first-order chi connectivity index (χ1) is 11.5. The van der Waals surface area contributed by atoms with E-state index >= 15 is 0 Å². The SMILES string of the molecule is CCC(C)NC(=O)/C(C#N)=C\NCCc1ccc(OC)c(OC)c1. The first-order valence-electron chi connectivity index (χ1n) is 7.91. The molecule has 0 aromatic heterocycles. The van der Waals surface area contributed by atoms with Crippen LogP contribution in [-0.4, -0.2) is 32.7 Å². The van der Waals surface area contributed by atoms with E-state index in [2.05, 4.69) is 10.6 Å². The maximum absolute atomic E-state index is 11.9. The molecule has 1 amide bonds. The van der Waals surface area contributed by atoms with Gasteiger partial charge >= 0.3 is 0 Å². The Bertz CT molecular complexity index is 620. The zero-order chi connectivity index (χ0) is 17.9. The number of benzene rings is 1. The van der Waals surface area contributed by atoms with Gasteiger partial charge in [-0.25, -0.2) is 0 Å². The third-order valence-electron chi connectivity index (χ3n) is 3.61. The second-order valence-corrected chi connectivity index (χ2v) is 5.35. The van der Waals surface area contributed by atoms with Crippen molar-refractivity contribution in [3.8, 4) is 17.6 Å². The van der Waals surface area contributed by atoms with Gasteiger partial charge in [0.1, 0.15) is 11.6 Å². The van der Waals surface area contributed by atoms with Crippen molar-refractivity contribution in [2.45, 2.75) is 32.7 Å². The van der Waals surface area contributed by atoms with E-state index in [9.17, 15) is 4.79 Å². The molecule has 0 radical (unpaired) electrons. The van der Waals surface area contributed by atoms with Gasteiger partial charge < -0.3 is 20.1 Å². The average Bonchev–Trinajstić information content (AvgIpc) is 2.61. The van der Waals surface area contributed by atoms with Gasteiger partial charge in [0.15, 0.2) is 11.5 Å². The second-order valence-electron chi connectivity index (χ2n) is 5.35. The molecule has 1 aromatic carbocycles. The molecular weight excluding hydrogens is 306 g/mol. The van der Waals surface area contributed by atoms with Crippen LogP contribution in [0.1, 0.15) is 25.8 Å². The van der Waals surface area contributed by atoms with Crippen LogP contribution in [-0.2, 0) is 11.2 Å². The van der Waals surface area contributed by atoms with Crippen LogP contribution >= 0.6 is 0 Å². The van der Waals surface area contributed by atoms with Crippen LogP contribution in [0.15, 0.2) is 30.0 Å². The standard InChI is InChI=1S/C18H25N3O3/c1-5-13(2)21-18(22)15(11-19)12-20-9-8-14-6-7-16(23-3)17(10-14)24-4/h6-7,10,12-13,20H,5,8-9H2,1-4H3,(H,21,22)/b15-12-. The summed E-state index contributed by atoms with van der Waals surface area (Å²) < 4.78 is 10.5. The molecule has 1 atom stereocenters. The minimum absolute atomic E-state index is 0.0426. The van der Waals surface area contributed by atoms with Gasteiger partial charge in [0.25, 0.3) is 5.91 Å². The summed E-state index contributed by atoms with van der Waals surface area (Å²) in [5.41, 5.74) is 1.14. The molecule has 6 heteroatoms. The highest BCUT2D eigenvalue weighted by molar-refractivity contribution is 5.97. The van der Waals surface area contributed by atoms with E-state index in [-0.39, 0.29) is 17.5 Å². The molecule has 2 N–H and O–H groups in total. The Balaban J connectivity index is 2.57. The maximum atomic E-state index is 11.9. The number of nitrogens with zero attached hydrogens (tertiary/aromatic N) is 1. The molecule has 0 heterocycles. The Kier molecular flexibility index (Phi) is 8.20. The molecule has 1 unspecified atom stereocenters. The number of ether oxygens (including phenoxy) is 2. The van der Waals surface area contributed by atoms with Crippen molar-refractivity contribution in [2.24, 2.45) is 0 Å². The lowest BCUT2D eigenvalue weighted by molar-refractivity contribution is -0.117. The minimum atomic E-state index is -0.356. The van der Waals surface area contributed by atoms with Gasteiger partial charge in [-0.3, -0.25) is 4.79 Å². The lowest BCUT2D eigenvalue weighted by atomic mass is 10.1. The van der Waals surface area contributed by atoms with Crippen LogP contribution < -0.4 is 20.1 Å². The molecule has 1 aromatic rings. The third kappa shape index (κ3) is 5.84. The summed E-state index contributed by atoms with van der Waals surface area (Å²) in [6, 6.07) is 7.67. The predicted molar refractivity (Wildman–Crippen MR) is 92.8 cm³/mol. The van der Waals surface area contributed by atoms with Crippen LogP contribution in [0.2, 0.25) is 0 Å². The summed E-state index contributed by atoms with van der Waals surface area (Å²) >= 11 is 0. The zero-order valence-electron chi connectivity index (χ0n) is 14.7. The Labute approximate surface area is 143 Å². The highest BCUT2D eigenvalue weighted by atomic mass is 16.5. The molecule has 0 aliphatic carbocycles. The Hall–Kier alpha value is -2.68. The van der Waals surface area contributed by atoms with Crippen molar-refractivity contribution < 1.29 is 14.3 Å². The first kappa shape index (κ1) is 19.4. The number of amides is 1. The third-order valence-corrected chi connectivity index (χ3v) is 3.61. The largest absolute Gasteiger partial charge is 0.493 e. The number of hydrogen-bond acceptors (Lipinski definition) is 5. The summed E-state index contributed by atoms with van der Waals surface area (Å²) in [4.78, 5) is 11.9. The van der Waals surface area contributed by atoms with E-state index in [1.54, 1.807) is 14.2 Å². The van der Waals surface area contributed by atoms with Crippen molar-refractivity contribution in [2.75, 3.05) is 20.8 Å². The molecule has 1 rings (SSSR count). The predicted octanol–water partition coefficient (Wildman–Crippen LogP) is 2.16. The van der Waals surface area contributed by atoms with E-state index in [0.717, 1.165) is 18.4 Å². The normalized spacial score (nSPS) is 12.0. The minimum Gasteiger partial charge on any atom is -0.493 e. The number of methoxy groups -OCH3 is 2. The Morgan fingerprint density at radius 2 is 2.04 bits per heavy atom. The number of nitrogens with one attached hydrogen (secondary N) is 2. The monoisotopic (exact) mass is 331 g/mol. The average molecular weight is 331 g/mol. The van der Waals surface area contributed by atoms with Crippen LogP contribution in [0.4, 0.5) is 0 Å². The van der Waals surface area contributed by atoms with Crippen molar-refractivity contribution >= 4 is 5.91 Å². The highest BCUT2D eigenvalue weighted by Gasteiger charge is 2.10. The summed E-state index contributed by atoms with van der Waals surface area (Å²) in [6.07, 6.45) is 3.00. The molecule has 130 valence electrons. The summed E-state index contributed by atoms with van der Waals surface area (Å²) in [5, 5.41) is 14.8. The van der Waals surface area contributed by atoms with E-state index < -0.39 is 0 Å². The summed E-state index contributed by atoms with van der Waals surface area (Å²) in [7, 11) is 3.19. The summed E-state index contributed by atoms with van der Waals surface area (Å²) in [6.45, 7) is 4.47. The molecule has 0 saturated carbocycles. The van der Waals surface area contributed by atoms with Gasteiger partial charge in [-0.2, -0.15) is 5.26 Å². The Morgan fingerprint density at radius 3 is 2.62 bits per heavy atom. The second kappa shape index (κ2) is 10.2. The van der Waals surface area contributed by atoms with Gasteiger partial charge in [-0.15, -0.1) is 0 Å². The molecule has 24 heavy (non-hydrogen) atoms. The van der Waals surface area contributed by atoms with Crippen molar-refractivity contribution in [3.05, 3.63) is 35.5 Å². The molecule has 0 aliphatic heterocycles. The molecular formula is C18H25N3O3. The number of nitriles is 1. The fourth-order valence-corrected chi connectivity index (χ4v) is 1.98.